The highest BCUT2D eigenvalue weighted by Gasteiger charge is 2.19. The molecule has 0 aliphatic heterocycles. The molecule has 0 bridgehead atoms. The zero-order chi connectivity index (χ0) is 14.5. The largest absolute Gasteiger partial charge is 0.352 e. The third kappa shape index (κ3) is 3.31. The molecule has 104 valence electrons. The average molecular weight is 312 g/mol. The molecular formula is C12H10ClN3O3S. The zero-order valence-electron chi connectivity index (χ0n) is 10.2. The molecule has 0 saturated heterocycles. The summed E-state index contributed by atoms with van der Waals surface area (Å²) in [6.45, 7) is 0.394. The molecule has 1 amide bonds. The Labute approximate surface area is 123 Å². The first-order chi connectivity index (χ1) is 9.59. The number of nitrogens with zero attached hydrogens (tertiary/aromatic N) is 2. The number of rotatable bonds is 5. The number of nitro groups is 1. The van der Waals surface area contributed by atoms with Crippen molar-refractivity contribution in [3.8, 4) is 0 Å². The quantitative estimate of drug-likeness (QED) is 0.679. The topological polar surface area (TPSA) is 85.1 Å². The smallest absolute Gasteiger partial charge is 0.288 e. The number of carbonyl (C=O) groups excluding carboxylic acids is 1. The van der Waals surface area contributed by atoms with E-state index < -0.39 is 10.8 Å². The second kappa shape index (κ2) is 6.44. The number of halogens is 1. The van der Waals surface area contributed by atoms with Crippen LogP contribution < -0.4 is 5.32 Å². The van der Waals surface area contributed by atoms with Crippen LogP contribution in [0, 0.1) is 10.1 Å². The van der Waals surface area contributed by atoms with E-state index in [0.29, 0.717) is 13.0 Å². The summed E-state index contributed by atoms with van der Waals surface area (Å²) >= 11 is 7.37. The molecule has 0 atom stereocenters. The number of aromatic nitrogens is 1. The van der Waals surface area contributed by atoms with Gasteiger partial charge in [0, 0.05) is 30.6 Å². The van der Waals surface area contributed by atoms with Crippen molar-refractivity contribution in [2.24, 2.45) is 0 Å². The third-order valence-corrected chi connectivity index (χ3v) is 3.76. The van der Waals surface area contributed by atoms with Crippen molar-refractivity contribution in [3.05, 3.63) is 55.5 Å². The number of hydrogen-bond acceptors (Lipinski definition) is 5. The molecular weight excluding hydrogens is 302 g/mol. The van der Waals surface area contributed by atoms with Crippen LogP contribution in [0.1, 0.15) is 15.4 Å². The summed E-state index contributed by atoms with van der Waals surface area (Å²) in [4.78, 5) is 26.2. The van der Waals surface area contributed by atoms with Crippen LogP contribution >= 0.6 is 22.9 Å². The van der Waals surface area contributed by atoms with Crippen molar-refractivity contribution in [1.29, 1.82) is 0 Å². The average Bonchev–Trinajstić information content (AvgIpc) is 2.91. The van der Waals surface area contributed by atoms with Gasteiger partial charge in [0.2, 0.25) is 0 Å². The van der Waals surface area contributed by atoms with Gasteiger partial charge in [-0.3, -0.25) is 14.9 Å². The summed E-state index contributed by atoms with van der Waals surface area (Å²) < 4.78 is 0. The van der Waals surface area contributed by atoms with Gasteiger partial charge in [-0.15, -0.1) is 11.3 Å². The monoisotopic (exact) mass is 311 g/mol. The van der Waals surface area contributed by atoms with Gasteiger partial charge in [0.05, 0.1) is 15.5 Å². The molecule has 0 unspecified atom stereocenters. The summed E-state index contributed by atoms with van der Waals surface area (Å²) in [5.74, 6) is -0.435. The van der Waals surface area contributed by atoms with Gasteiger partial charge >= 0.3 is 0 Å². The molecule has 0 aliphatic carbocycles. The second-order valence-corrected chi connectivity index (χ2v) is 5.18. The molecule has 2 rings (SSSR count). The van der Waals surface area contributed by atoms with Gasteiger partial charge in [0.15, 0.2) is 0 Å². The molecule has 0 aliphatic rings. The number of hydrogen-bond donors (Lipinski definition) is 1. The van der Waals surface area contributed by atoms with Gasteiger partial charge in [-0.2, -0.15) is 0 Å². The van der Waals surface area contributed by atoms with E-state index in [0.717, 1.165) is 5.01 Å². The molecule has 8 heteroatoms. The van der Waals surface area contributed by atoms with Gasteiger partial charge in [0.25, 0.3) is 11.6 Å². The van der Waals surface area contributed by atoms with Crippen LogP contribution in [0.15, 0.2) is 29.8 Å². The van der Waals surface area contributed by atoms with E-state index in [2.05, 4.69) is 10.3 Å². The summed E-state index contributed by atoms with van der Waals surface area (Å²) in [5.41, 5.74) is -0.181. The first-order valence-corrected chi connectivity index (χ1v) is 6.95. The van der Waals surface area contributed by atoms with Gasteiger partial charge in [-0.1, -0.05) is 17.7 Å². The van der Waals surface area contributed by atoms with E-state index in [1.54, 1.807) is 6.20 Å². The van der Waals surface area contributed by atoms with Crippen molar-refractivity contribution in [1.82, 2.24) is 10.3 Å². The summed E-state index contributed by atoms with van der Waals surface area (Å²) in [5, 5.41) is 16.0. The van der Waals surface area contributed by atoms with Gasteiger partial charge in [-0.05, 0) is 6.07 Å². The second-order valence-electron chi connectivity index (χ2n) is 3.83. The lowest BCUT2D eigenvalue weighted by molar-refractivity contribution is -0.384. The van der Waals surface area contributed by atoms with E-state index in [-0.39, 0.29) is 16.3 Å². The maximum atomic E-state index is 11.9. The van der Waals surface area contributed by atoms with E-state index in [4.69, 9.17) is 11.6 Å². The van der Waals surface area contributed by atoms with Crippen molar-refractivity contribution >= 4 is 34.5 Å². The van der Waals surface area contributed by atoms with Crippen LogP contribution in [0.4, 0.5) is 5.69 Å². The van der Waals surface area contributed by atoms with Crippen LogP contribution in [0.3, 0.4) is 0 Å². The number of benzene rings is 1. The van der Waals surface area contributed by atoms with Crippen LogP contribution in [0.25, 0.3) is 0 Å². The Kier molecular flexibility index (Phi) is 4.65. The fourth-order valence-electron chi connectivity index (χ4n) is 1.59. The minimum atomic E-state index is -0.616. The van der Waals surface area contributed by atoms with Gasteiger partial charge in [0.1, 0.15) is 5.02 Å². The highest BCUT2D eigenvalue weighted by Crippen LogP contribution is 2.27. The Morgan fingerprint density at radius 3 is 2.95 bits per heavy atom. The lowest BCUT2D eigenvalue weighted by Crippen LogP contribution is -2.26. The van der Waals surface area contributed by atoms with Crippen molar-refractivity contribution < 1.29 is 9.72 Å². The van der Waals surface area contributed by atoms with E-state index in [9.17, 15) is 14.9 Å². The molecule has 1 N–H and O–H groups in total. The molecule has 6 nitrogen and oxygen atoms in total. The highest BCUT2D eigenvalue weighted by molar-refractivity contribution is 7.09. The summed E-state index contributed by atoms with van der Waals surface area (Å²) in [6.07, 6.45) is 2.30. The van der Waals surface area contributed by atoms with Crippen molar-refractivity contribution in [3.63, 3.8) is 0 Å². The lowest BCUT2D eigenvalue weighted by Gasteiger charge is -2.06. The Morgan fingerprint density at radius 1 is 1.50 bits per heavy atom. The first-order valence-electron chi connectivity index (χ1n) is 5.69. The molecule has 0 radical (unpaired) electrons. The van der Waals surface area contributed by atoms with Crippen molar-refractivity contribution in [2.75, 3.05) is 6.54 Å². The zero-order valence-corrected chi connectivity index (χ0v) is 11.8. The Hall–Kier alpha value is -1.99. The highest BCUT2D eigenvalue weighted by atomic mass is 35.5. The number of amides is 1. The van der Waals surface area contributed by atoms with Gasteiger partial charge < -0.3 is 5.32 Å². The SMILES string of the molecule is O=C(NCCc1nccs1)c1cccc([N+](=O)[O-])c1Cl. The summed E-state index contributed by atoms with van der Waals surface area (Å²) in [7, 11) is 0. The fraction of sp³-hybridized carbons (Fsp3) is 0.167. The first kappa shape index (κ1) is 14.4. The predicted octanol–water partition coefficient (Wildman–Crippen LogP) is 2.68. The molecule has 0 fully saturated rings. The predicted molar refractivity (Wildman–Crippen MR) is 76.3 cm³/mol. The maximum absolute atomic E-state index is 11.9. The lowest BCUT2D eigenvalue weighted by atomic mass is 10.2. The van der Waals surface area contributed by atoms with Gasteiger partial charge in [-0.25, -0.2) is 4.98 Å². The minimum absolute atomic E-state index is 0.0972. The Bertz CT molecular complexity index is 631. The van der Waals surface area contributed by atoms with E-state index >= 15 is 0 Å². The van der Waals surface area contributed by atoms with Crippen molar-refractivity contribution in [2.45, 2.75) is 6.42 Å². The molecule has 20 heavy (non-hydrogen) atoms. The molecule has 0 saturated carbocycles. The Balaban J connectivity index is 2.02. The van der Waals surface area contributed by atoms with E-state index in [1.165, 1.54) is 29.5 Å². The van der Waals surface area contributed by atoms with E-state index in [1.807, 2.05) is 5.38 Å². The molecule has 1 aromatic heterocycles. The Morgan fingerprint density at radius 2 is 2.30 bits per heavy atom. The van der Waals surface area contributed by atoms with Crippen LogP contribution in [-0.2, 0) is 6.42 Å². The molecule has 0 spiro atoms. The van der Waals surface area contributed by atoms with Crippen LogP contribution in [0.5, 0.6) is 0 Å². The summed E-state index contributed by atoms with van der Waals surface area (Å²) in [6, 6.07) is 4.14. The molecule has 1 aromatic carbocycles. The molecule has 2 aromatic rings. The van der Waals surface area contributed by atoms with Crippen LogP contribution in [0.2, 0.25) is 5.02 Å². The maximum Gasteiger partial charge on any atom is 0.288 e. The minimum Gasteiger partial charge on any atom is -0.352 e. The molecule has 1 heterocycles. The number of thiazole rings is 1. The third-order valence-electron chi connectivity index (χ3n) is 2.53. The number of nitrogens with one attached hydrogen (secondary N) is 1. The normalized spacial score (nSPS) is 10.2. The standard InChI is InChI=1S/C12H10ClN3O3S/c13-11-8(2-1-3-9(11)16(18)19)12(17)15-5-4-10-14-6-7-20-10/h1-3,6-7H,4-5H2,(H,15,17). The number of carbonyl (C=O) groups is 1. The van der Waals surface area contributed by atoms with Crippen LogP contribution in [-0.4, -0.2) is 22.4 Å². The number of nitro benzene ring substituents is 1. The fourth-order valence-corrected chi connectivity index (χ4v) is 2.49.